The van der Waals surface area contributed by atoms with Crippen molar-refractivity contribution in [3.63, 3.8) is 0 Å². The number of quaternary nitrogens is 2. The van der Waals surface area contributed by atoms with Gasteiger partial charge in [0.15, 0.2) is 0 Å². The molecule has 1 saturated heterocycles. The molecule has 1 aliphatic heterocycles. The lowest BCUT2D eigenvalue weighted by atomic mass is 10.0. The van der Waals surface area contributed by atoms with Crippen LogP contribution in [0.15, 0.2) is 0 Å². The lowest BCUT2D eigenvalue weighted by molar-refractivity contribution is -0.924. The Morgan fingerprint density at radius 3 is 0.685 bits per heavy atom. The average Bonchev–Trinajstić information content (AvgIpc) is 3.18. The molecule has 0 spiro atoms. The van der Waals surface area contributed by atoms with Crippen molar-refractivity contribution in [2.75, 3.05) is 91.6 Å². The first-order valence-electron chi connectivity index (χ1n) is 24.7. The van der Waals surface area contributed by atoms with E-state index in [1.165, 1.54) is 280 Å². The number of rotatable bonds is 40. The molecular weight excluding hydrogens is 792 g/mol. The van der Waals surface area contributed by atoms with Gasteiger partial charge in [-0.15, -0.1) is 0 Å². The van der Waals surface area contributed by atoms with Crippen molar-refractivity contribution in [1.82, 2.24) is 9.80 Å². The molecule has 0 N–H and O–H groups in total. The summed E-state index contributed by atoms with van der Waals surface area (Å²) in [7, 11) is 0. The summed E-state index contributed by atoms with van der Waals surface area (Å²) in [4.78, 5) is 5.60. The summed E-state index contributed by atoms with van der Waals surface area (Å²) in [6, 6.07) is 0. The Morgan fingerprint density at radius 1 is 0.278 bits per heavy atom. The van der Waals surface area contributed by atoms with Gasteiger partial charge >= 0.3 is 0 Å². The number of nitrogens with zero attached hydrogens (tertiary/aromatic N) is 4. The molecule has 0 radical (unpaired) electrons. The molecule has 54 heavy (non-hydrogen) atoms. The fraction of sp³-hybridized carbons (Fsp3) is 1.00. The maximum atomic E-state index is 2.80. The fourth-order valence-corrected chi connectivity index (χ4v) is 9.16. The number of hydrogen-bond acceptors (Lipinski definition) is 2. The van der Waals surface area contributed by atoms with E-state index in [4.69, 9.17) is 0 Å². The van der Waals surface area contributed by atoms with Gasteiger partial charge in [-0.2, -0.15) is 0 Å². The van der Waals surface area contributed by atoms with Crippen LogP contribution in [0, 0.1) is 0 Å². The summed E-state index contributed by atoms with van der Waals surface area (Å²) in [5.74, 6) is 0. The Labute approximate surface area is 363 Å². The van der Waals surface area contributed by atoms with Gasteiger partial charge in [-0.1, -0.05) is 168 Å². The Kier molecular flexibility index (Phi) is 42.7. The van der Waals surface area contributed by atoms with Crippen molar-refractivity contribution in [3.8, 4) is 0 Å². The predicted molar refractivity (Wildman–Crippen MR) is 236 cm³/mol. The summed E-state index contributed by atoms with van der Waals surface area (Å²) in [6.45, 7) is 32.9. The zero-order chi connectivity index (χ0) is 37.9. The van der Waals surface area contributed by atoms with Crippen LogP contribution in [0.4, 0.5) is 0 Å². The van der Waals surface area contributed by atoms with E-state index in [1.807, 2.05) is 0 Å². The van der Waals surface area contributed by atoms with E-state index in [0.717, 1.165) is 0 Å². The lowest BCUT2D eigenvalue weighted by Gasteiger charge is -2.42. The summed E-state index contributed by atoms with van der Waals surface area (Å²) >= 11 is 0. The molecule has 0 unspecified atom stereocenters. The third-order valence-electron chi connectivity index (χ3n) is 13.9. The third kappa shape index (κ3) is 29.9. The van der Waals surface area contributed by atoms with Gasteiger partial charge in [0, 0.05) is 39.3 Å². The van der Waals surface area contributed by atoms with Crippen molar-refractivity contribution in [1.29, 1.82) is 0 Å². The highest BCUT2D eigenvalue weighted by atomic mass is 79.9. The summed E-state index contributed by atoms with van der Waals surface area (Å²) in [5.41, 5.74) is 0. The van der Waals surface area contributed by atoms with Gasteiger partial charge in [0.1, 0.15) is 0 Å². The van der Waals surface area contributed by atoms with Crippen LogP contribution in [0.5, 0.6) is 0 Å². The van der Waals surface area contributed by atoms with Gasteiger partial charge in [0.05, 0.1) is 52.4 Å². The SMILES string of the molecule is CCCCCCCCCCCCCCCC[N+](CC)(CC)CCN1CCN(CC[N+](CC)(CC)CCCCCCCCCCCCCCCC)CC1.[Br-].[Br-]. The van der Waals surface area contributed by atoms with Crippen LogP contribution in [0.25, 0.3) is 0 Å². The Balaban J connectivity index is 0. The molecule has 0 bridgehead atoms. The maximum absolute atomic E-state index is 2.80. The van der Waals surface area contributed by atoms with Crippen molar-refractivity contribution >= 4 is 0 Å². The highest BCUT2D eigenvalue weighted by molar-refractivity contribution is 4.72. The molecule has 0 amide bonds. The highest BCUT2D eigenvalue weighted by Gasteiger charge is 2.27. The van der Waals surface area contributed by atoms with Crippen LogP contribution in [-0.2, 0) is 0 Å². The molecule has 4 nitrogen and oxygen atoms in total. The second-order valence-electron chi connectivity index (χ2n) is 17.7. The first-order valence-corrected chi connectivity index (χ1v) is 24.7. The van der Waals surface area contributed by atoms with E-state index in [9.17, 15) is 0 Å². The van der Waals surface area contributed by atoms with Crippen molar-refractivity contribution in [2.45, 2.75) is 221 Å². The number of likely N-dealkylation sites (N-methyl/N-ethyl adjacent to an activating group) is 2. The van der Waals surface area contributed by atoms with Crippen LogP contribution in [0.2, 0.25) is 0 Å². The van der Waals surface area contributed by atoms with Crippen LogP contribution in [-0.4, -0.2) is 110 Å². The zero-order valence-corrected chi connectivity index (χ0v) is 41.4. The van der Waals surface area contributed by atoms with Gasteiger partial charge in [-0.3, -0.25) is 9.80 Å². The lowest BCUT2D eigenvalue weighted by Crippen LogP contribution is -3.00. The van der Waals surface area contributed by atoms with Crippen molar-refractivity contribution in [3.05, 3.63) is 0 Å². The maximum Gasteiger partial charge on any atom is 0.0915 e. The molecule has 1 aliphatic rings. The molecule has 0 saturated carbocycles. The van der Waals surface area contributed by atoms with E-state index in [0.29, 0.717) is 0 Å². The average molecular weight is 895 g/mol. The molecule has 0 aromatic carbocycles. The number of hydrogen-bond donors (Lipinski definition) is 0. The van der Waals surface area contributed by atoms with Gasteiger partial charge in [-0.05, 0) is 53.4 Å². The quantitative estimate of drug-likeness (QED) is 0.0472. The minimum Gasteiger partial charge on any atom is -1.00 e. The van der Waals surface area contributed by atoms with Crippen molar-refractivity contribution in [2.24, 2.45) is 0 Å². The largest absolute Gasteiger partial charge is 1.00 e. The molecule has 0 aromatic rings. The number of halogens is 2. The summed E-state index contributed by atoms with van der Waals surface area (Å²) in [5, 5.41) is 0. The number of unbranched alkanes of at least 4 members (excludes halogenated alkanes) is 26. The monoisotopic (exact) mass is 893 g/mol. The minimum atomic E-state index is 0. The minimum absolute atomic E-state index is 0. The normalized spacial score (nSPS) is 14.3. The molecule has 1 rings (SSSR count). The van der Waals surface area contributed by atoms with E-state index in [-0.39, 0.29) is 34.0 Å². The zero-order valence-electron chi connectivity index (χ0n) is 38.2. The van der Waals surface area contributed by atoms with Crippen LogP contribution < -0.4 is 34.0 Å². The molecule has 0 aliphatic carbocycles. The standard InChI is InChI=1S/C48H102N4.2BrH/c1-7-13-15-17-19-21-23-25-27-29-31-33-35-37-45-51(9-3,10-4)47-43-49-39-41-50(42-40-49)44-48-52(11-5,12-6)46-38-36-34-32-30-28-26-24-22-20-18-16-14-8-2;;/h7-48H2,1-6H3;2*1H/q+2;;/p-2. The molecule has 0 aromatic heterocycles. The number of piperazine rings is 1. The highest BCUT2D eigenvalue weighted by Crippen LogP contribution is 2.18. The van der Waals surface area contributed by atoms with E-state index in [2.05, 4.69) is 51.3 Å². The Bertz CT molecular complexity index is 662. The molecule has 0 atom stereocenters. The molecule has 328 valence electrons. The Hall–Kier alpha value is 0.800. The molecule has 1 fully saturated rings. The first kappa shape index (κ1) is 56.9. The summed E-state index contributed by atoms with van der Waals surface area (Å²) in [6.07, 6.45) is 40.8. The van der Waals surface area contributed by atoms with E-state index >= 15 is 0 Å². The predicted octanol–water partition coefficient (Wildman–Crippen LogP) is 7.29. The summed E-state index contributed by atoms with van der Waals surface area (Å²) < 4.78 is 2.68. The van der Waals surface area contributed by atoms with E-state index in [1.54, 1.807) is 0 Å². The smallest absolute Gasteiger partial charge is 0.0915 e. The van der Waals surface area contributed by atoms with E-state index < -0.39 is 0 Å². The van der Waals surface area contributed by atoms with Gasteiger partial charge in [0.25, 0.3) is 0 Å². The van der Waals surface area contributed by atoms with Crippen LogP contribution in [0.3, 0.4) is 0 Å². The Morgan fingerprint density at radius 2 is 0.481 bits per heavy atom. The first-order chi connectivity index (χ1) is 25.5. The van der Waals surface area contributed by atoms with Gasteiger partial charge < -0.3 is 42.9 Å². The third-order valence-corrected chi connectivity index (χ3v) is 13.9. The fourth-order valence-electron chi connectivity index (χ4n) is 9.16. The van der Waals surface area contributed by atoms with Crippen LogP contribution in [0.1, 0.15) is 221 Å². The van der Waals surface area contributed by atoms with Gasteiger partial charge in [-0.25, -0.2) is 0 Å². The van der Waals surface area contributed by atoms with Crippen molar-refractivity contribution < 1.29 is 42.9 Å². The van der Waals surface area contributed by atoms with Gasteiger partial charge in [0.2, 0.25) is 0 Å². The molecule has 1 heterocycles. The second-order valence-corrected chi connectivity index (χ2v) is 17.7. The van der Waals surface area contributed by atoms with Crippen LogP contribution >= 0.6 is 0 Å². The topological polar surface area (TPSA) is 6.48 Å². The molecule has 6 heteroatoms. The second kappa shape index (κ2) is 40.6. The molecular formula is C48H102Br2N4.